The molecule has 2 aromatic rings. The molecule has 0 fully saturated rings. The second-order valence-electron chi connectivity index (χ2n) is 9.10. The summed E-state index contributed by atoms with van der Waals surface area (Å²) in [5.41, 5.74) is 1.66. The number of alkyl halides is 1. The largest absolute Gasteiger partial charge is 0.492 e. The Morgan fingerprint density at radius 1 is 0.879 bits per heavy atom. The van der Waals surface area contributed by atoms with Crippen LogP contribution in [0.5, 0.6) is 11.5 Å². The van der Waals surface area contributed by atoms with Gasteiger partial charge in [-0.3, -0.25) is 0 Å². The first-order chi connectivity index (χ1) is 15.4. The summed E-state index contributed by atoms with van der Waals surface area (Å²) in [6, 6.07) is 11.5. The average molecular weight is 536 g/mol. The van der Waals surface area contributed by atoms with Gasteiger partial charge in [0.1, 0.15) is 21.3 Å². The topological polar surface area (TPSA) is 52.6 Å². The van der Waals surface area contributed by atoms with Crippen molar-refractivity contribution in [3.05, 3.63) is 57.6 Å². The molecule has 0 aliphatic rings. The van der Waals surface area contributed by atoms with Gasteiger partial charge in [-0.15, -0.1) is 11.6 Å². The highest BCUT2D eigenvalue weighted by atomic mass is 35.5. The van der Waals surface area contributed by atoms with E-state index in [-0.39, 0.29) is 35.4 Å². The van der Waals surface area contributed by atoms with Crippen LogP contribution in [-0.2, 0) is 15.3 Å². The van der Waals surface area contributed by atoms with Gasteiger partial charge in [0.25, 0.3) is 0 Å². The van der Waals surface area contributed by atoms with E-state index in [9.17, 15) is 8.42 Å². The molecule has 0 amide bonds. The van der Waals surface area contributed by atoms with Gasteiger partial charge in [0, 0.05) is 28.9 Å². The van der Waals surface area contributed by atoms with Crippen LogP contribution in [0.2, 0.25) is 10.0 Å². The molecule has 8 heteroatoms. The first kappa shape index (κ1) is 28.1. The van der Waals surface area contributed by atoms with E-state index in [2.05, 4.69) is 13.8 Å². The summed E-state index contributed by atoms with van der Waals surface area (Å²) in [5.74, 6) is 2.03. The number of ether oxygens (including phenoxy) is 2. The Balaban J connectivity index is 2.13. The molecule has 0 N–H and O–H groups in total. The lowest BCUT2D eigenvalue weighted by Crippen LogP contribution is -2.21. The van der Waals surface area contributed by atoms with Gasteiger partial charge in [0.05, 0.1) is 29.0 Å². The van der Waals surface area contributed by atoms with Crippen LogP contribution < -0.4 is 9.47 Å². The molecular weight excluding hydrogens is 503 g/mol. The molecule has 0 saturated carbocycles. The second kappa shape index (κ2) is 12.0. The van der Waals surface area contributed by atoms with Crippen LogP contribution in [0.15, 0.2) is 36.4 Å². The lowest BCUT2D eigenvalue weighted by molar-refractivity contribution is 0.272. The first-order valence-corrected chi connectivity index (χ1v) is 14.1. The Bertz CT molecular complexity index is 1040. The molecule has 0 aliphatic heterocycles. The van der Waals surface area contributed by atoms with Gasteiger partial charge in [-0.25, -0.2) is 8.42 Å². The lowest BCUT2D eigenvalue weighted by atomic mass is 9.78. The summed E-state index contributed by atoms with van der Waals surface area (Å²) in [5, 5.41) is 1.02. The average Bonchev–Trinajstić information content (AvgIpc) is 2.76. The lowest BCUT2D eigenvalue weighted by Gasteiger charge is -2.27. The van der Waals surface area contributed by atoms with Crippen LogP contribution >= 0.6 is 34.8 Å². The summed E-state index contributed by atoms with van der Waals surface area (Å²) < 4.78 is 35.2. The van der Waals surface area contributed by atoms with Crippen molar-refractivity contribution in [2.45, 2.75) is 40.0 Å². The highest BCUT2D eigenvalue weighted by molar-refractivity contribution is 7.91. The molecule has 0 saturated heterocycles. The fraction of sp³-hybridized carbons (Fsp3) is 0.520. The number of benzene rings is 2. The predicted molar refractivity (Wildman–Crippen MR) is 139 cm³/mol. The molecule has 184 valence electrons. The Hall–Kier alpha value is -1.14. The molecule has 2 unspecified atom stereocenters. The van der Waals surface area contributed by atoms with Crippen molar-refractivity contribution in [3.63, 3.8) is 0 Å². The van der Waals surface area contributed by atoms with Crippen molar-refractivity contribution < 1.29 is 17.9 Å². The SMILES string of the molecule is CCS(=O)(=O)CC(C)COc1ccc(C(C)(C)c2ccc(OCC(C)CCl)c(Cl)c2)cc1Cl. The highest BCUT2D eigenvalue weighted by Crippen LogP contribution is 2.38. The van der Waals surface area contributed by atoms with Crippen molar-refractivity contribution in [3.8, 4) is 11.5 Å². The zero-order chi connectivity index (χ0) is 24.8. The molecule has 0 radical (unpaired) electrons. The predicted octanol–water partition coefficient (Wildman–Crippen LogP) is 7.02. The van der Waals surface area contributed by atoms with Crippen molar-refractivity contribution in [1.29, 1.82) is 0 Å². The molecule has 0 aromatic heterocycles. The minimum Gasteiger partial charge on any atom is -0.492 e. The van der Waals surface area contributed by atoms with Gasteiger partial charge < -0.3 is 9.47 Å². The number of hydrogen-bond donors (Lipinski definition) is 0. The molecule has 33 heavy (non-hydrogen) atoms. The third kappa shape index (κ3) is 7.95. The monoisotopic (exact) mass is 534 g/mol. The van der Waals surface area contributed by atoms with Gasteiger partial charge in [-0.1, -0.05) is 70.0 Å². The Morgan fingerprint density at radius 3 is 1.73 bits per heavy atom. The van der Waals surface area contributed by atoms with Crippen molar-refractivity contribution >= 4 is 44.6 Å². The quantitative estimate of drug-likeness (QED) is 0.274. The fourth-order valence-corrected chi connectivity index (χ4v) is 5.05. The molecule has 2 rings (SSSR count). The van der Waals surface area contributed by atoms with Gasteiger partial charge in [0.2, 0.25) is 0 Å². The molecule has 2 aromatic carbocycles. The number of halogens is 3. The van der Waals surface area contributed by atoms with E-state index in [4.69, 9.17) is 44.3 Å². The van der Waals surface area contributed by atoms with Crippen molar-refractivity contribution in [2.75, 3.05) is 30.6 Å². The van der Waals surface area contributed by atoms with E-state index >= 15 is 0 Å². The van der Waals surface area contributed by atoms with Crippen LogP contribution in [0.3, 0.4) is 0 Å². The zero-order valence-electron chi connectivity index (χ0n) is 19.8. The van der Waals surface area contributed by atoms with E-state index in [1.54, 1.807) is 6.92 Å². The summed E-state index contributed by atoms with van der Waals surface area (Å²) in [6.07, 6.45) is 0. The number of hydrogen-bond acceptors (Lipinski definition) is 4. The van der Waals surface area contributed by atoms with Crippen LogP contribution in [0.4, 0.5) is 0 Å². The molecule has 0 spiro atoms. The van der Waals surface area contributed by atoms with E-state index in [1.807, 2.05) is 50.2 Å². The maximum atomic E-state index is 11.8. The third-order valence-electron chi connectivity index (χ3n) is 5.60. The van der Waals surface area contributed by atoms with Crippen LogP contribution in [0.25, 0.3) is 0 Å². The Labute approximate surface area is 213 Å². The number of sulfone groups is 1. The first-order valence-electron chi connectivity index (χ1n) is 11.0. The molecule has 0 aliphatic carbocycles. The zero-order valence-corrected chi connectivity index (χ0v) is 22.9. The van der Waals surface area contributed by atoms with Crippen LogP contribution in [0.1, 0.15) is 45.7 Å². The third-order valence-corrected chi connectivity index (χ3v) is 8.67. The van der Waals surface area contributed by atoms with Gasteiger partial charge in [-0.2, -0.15) is 0 Å². The summed E-state index contributed by atoms with van der Waals surface area (Å²) in [4.78, 5) is 0. The number of rotatable bonds is 12. The maximum Gasteiger partial charge on any atom is 0.150 e. The van der Waals surface area contributed by atoms with E-state index in [0.29, 0.717) is 34.0 Å². The van der Waals surface area contributed by atoms with Gasteiger partial charge in [-0.05, 0) is 35.4 Å². The second-order valence-corrected chi connectivity index (χ2v) is 12.6. The van der Waals surface area contributed by atoms with Gasteiger partial charge in [0.15, 0.2) is 0 Å². The van der Waals surface area contributed by atoms with Crippen molar-refractivity contribution in [1.82, 2.24) is 0 Å². The van der Waals surface area contributed by atoms with E-state index in [1.165, 1.54) is 0 Å². The fourth-order valence-electron chi connectivity index (χ4n) is 3.29. The smallest absolute Gasteiger partial charge is 0.150 e. The minimum atomic E-state index is -3.04. The van der Waals surface area contributed by atoms with Crippen molar-refractivity contribution in [2.24, 2.45) is 11.8 Å². The summed E-state index contributed by atoms with van der Waals surface area (Å²) in [6.45, 7) is 10.5. The van der Waals surface area contributed by atoms with Crippen LogP contribution in [0, 0.1) is 11.8 Å². The molecule has 4 nitrogen and oxygen atoms in total. The highest BCUT2D eigenvalue weighted by Gasteiger charge is 2.25. The molecule has 0 bridgehead atoms. The summed E-state index contributed by atoms with van der Waals surface area (Å²) in [7, 11) is -3.04. The standard InChI is InChI=1S/C25H33Cl3O4S/c1-6-33(29,30)16-18(3)15-32-24-10-8-20(12-22(24)28)25(4,5)19-7-9-23(21(27)11-19)31-14-17(2)13-26/h7-12,17-18H,6,13-16H2,1-5H3. The molecular formula is C25H33Cl3O4S. The van der Waals surface area contributed by atoms with Crippen LogP contribution in [-0.4, -0.2) is 39.0 Å². The van der Waals surface area contributed by atoms with Gasteiger partial charge >= 0.3 is 0 Å². The maximum absolute atomic E-state index is 11.8. The normalized spacial score (nSPS) is 14.1. The Morgan fingerprint density at radius 2 is 1.33 bits per heavy atom. The molecule has 0 heterocycles. The van der Waals surface area contributed by atoms with E-state index < -0.39 is 9.84 Å². The van der Waals surface area contributed by atoms with E-state index in [0.717, 1.165) is 11.1 Å². The molecule has 2 atom stereocenters. The Kier molecular flexibility index (Phi) is 10.2. The minimum absolute atomic E-state index is 0.0947. The summed E-state index contributed by atoms with van der Waals surface area (Å²) >= 11 is 18.8.